The summed E-state index contributed by atoms with van der Waals surface area (Å²) in [5, 5.41) is 3.87. The van der Waals surface area contributed by atoms with Crippen LogP contribution in [0.5, 0.6) is 0 Å². The Morgan fingerprint density at radius 3 is 0.989 bits per heavy atom. The van der Waals surface area contributed by atoms with Gasteiger partial charge in [-0.25, -0.2) is 24.9 Å². The number of aromatic nitrogens is 7. The first-order valence-electron chi connectivity index (χ1n) is 31.3. The third-order valence-corrected chi connectivity index (χ3v) is 17.0. The molecule has 9 heteroatoms. The van der Waals surface area contributed by atoms with E-state index in [0.29, 0.717) is 17.5 Å². The molecule has 0 bridgehead atoms. The molecule has 16 aromatic rings. The van der Waals surface area contributed by atoms with E-state index in [2.05, 4.69) is 347 Å². The van der Waals surface area contributed by atoms with E-state index in [1.54, 1.807) is 0 Å². The summed E-state index contributed by atoms with van der Waals surface area (Å²) < 4.78 is 4.54. The summed E-state index contributed by atoms with van der Waals surface area (Å²) in [5.41, 5.74) is 22.2. The number of hydrogen-bond donors (Lipinski definition) is 1. The maximum absolute atomic E-state index is 5.30. The molecule has 0 amide bonds. The molecule has 0 saturated heterocycles. The summed E-state index contributed by atoms with van der Waals surface area (Å²) >= 11 is 0. The highest BCUT2D eigenvalue weighted by molar-refractivity contribution is 5.89. The predicted molar refractivity (Wildman–Crippen MR) is 380 cm³/mol. The fourth-order valence-electron chi connectivity index (χ4n) is 12.6. The molecule has 9 nitrogen and oxygen atoms in total. The van der Waals surface area contributed by atoms with E-state index >= 15 is 0 Å². The summed E-state index contributed by atoms with van der Waals surface area (Å²) in [4.78, 5) is 28.1. The highest BCUT2D eigenvalue weighted by Crippen LogP contribution is 2.48. The number of nitrogens with zero attached hydrogens (tertiary/aromatic N) is 8. The summed E-state index contributed by atoms with van der Waals surface area (Å²) in [6, 6.07) is 120. The van der Waals surface area contributed by atoms with E-state index in [4.69, 9.17) is 24.9 Å². The highest BCUT2D eigenvalue weighted by Gasteiger charge is 2.33. The number of anilines is 3. The molecule has 93 heavy (non-hydrogen) atoms. The average Bonchev–Trinajstić information content (AvgIpc) is 1.63. The number of rotatable bonds is 12. The van der Waals surface area contributed by atoms with Crippen molar-refractivity contribution in [3.8, 4) is 102 Å². The van der Waals surface area contributed by atoms with Crippen molar-refractivity contribution in [3.63, 3.8) is 0 Å². The van der Waals surface area contributed by atoms with Gasteiger partial charge in [-0.2, -0.15) is 0 Å². The van der Waals surface area contributed by atoms with Gasteiger partial charge >= 0.3 is 0 Å². The molecule has 0 aliphatic carbocycles. The monoisotopic (exact) mass is 1190 g/mol. The minimum atomic E-state index is -0.187. The van der Waals surface area contributed by atoms with Crippen molar-refractivity contribution in [2.45, 2.75) is 6.17 Å². The van der Waals surface area contributed by atoms with Crippen molar-refractivity contribution in [1.29, 1.82) is 0 Å². The SMILES string of the molecule is c1ccc(-c2cccc(-c3nc(-c4cccc(-c5ccccc5)c4)nc(-c4cccc(-c5ccccc5)c4)n3)c2)cc1.c1ccc(N2c3ccccc3NC2c2cc(-c3nc4ccccc4n3-c3ccccc3)cc(-c3nc4ccccc4n3-c3ccccc3)c2)cc1. The van der Waals surface area contributed by atoms with Gasteiger partial charge in [0.25, 0.3) is 0 Å². The molecule has 0 spiro atoms. The van der Waals surface area contributed by atoms with Crippen molar-refractivity contribution < 1.29 is 0 Å². The topological polar surface area (TPSA) is 89.6 Å². The molecular formula is C84H59N9. The van der Waals surface area contributed by atoms with Crippen LogP contribution in [0.25, 0.3) is 124 Å². The molecule has 13 aromatic carbocycles. The molecule has 1 aliphatic heterocycles. The first kappa shape index (κ1) is 55.7. The highest BCUT2D eigenvalue weighted by atomic mass is 15.3. The van der Waals surface area contributed by atoms with Crippen LogP contribution in [0.2, 0.25) is 0 Å². The minimum Gasteiger partial charge on any atom is -0.359 e. The zero-order valence-corrected chi connectivity index (χ0v) is 50.6. The Kier molecular flexibility index (Phi) is 14.8. The number of hydrogen-bond acceptors (Lipinski definition) is 7. The molecule has 0 radical (unpaired) electrons. The Morgan fingerprint density at radius 2 is 0.570 bits per heavy atom. The normalized spacial score (nSPS) is 12.5. The van der Waals surface area contributed by atoms with Crippen molar-refractivity contribution >= 4 is 39.1 Å². The third kappa shape index (κ3) is 11.2. The number of fused-ring (bicyclic) bond motifs is 3. The first-order chi connectivity index (χ1) is 46.1. The number of benzene rings is 13. The van der Waals surface area contributed by atoms with E-state index in [1.165, 1.54) is 0 Å². The molecule has 0 saturated carbocycles. The molecule has 17 rings (SSSR count). The van der Waals surface area contributed by atoms with Crippen LogP contribution in [0.15, 0.2) is 346 Å². The van der Waals surface area contributed by atoms with E-state index < -0.39 is 0 Å². The predicted octanol–water partition coefficient (Wildman–Crippen LogP) is 20.8. The molecule has 4 heterocycles. The maximum atomic E-state index is 5.30. The summed E-state index contributed by atoms with van der Waals surface area (Å²) in [6.45, 7) is 0. The molecule has 1 atom stereocenters. The van der Waals surface area contributed by atoms with Gasteiger partial charge in [-0.05, 0) is 148 Å². The molecule has 3 aromatic heterocycles. The van der Waals surface area contributed by atoms with Gasteiger partial charge < -0.3 is 10.2 Å². The zero-order valence-electron chi connectivity index (χ0n) is 50.6. The van der Waals surface area contributed by atoms with Crippen molar-refractivity contribution in [3.05, 3.63) is 351 Å². The van der Waals surface area contributed by atoms with Gasteiger partial charge in [0, 0.05) is 44.9 Å². The van der Waals surface area contributed by atoms with Crippen LogP contribution in [0.3, 0.4) is 0 Å². The molecule has 1 unspecified atom stereocenters. The summed E-state index contributed by atoms with van der Waals surface area (Å²) in [6.07, 6.45) is -0.187. The second-order valence-corrected chi connectivity index (χ2v) is 23.0. The Morgan fingerprint density at radius 1 is 0.247 bits per heavy atom. The third-order valence-electron chi connectivity index (χ3n) is 17.0. The van der Waals surface area contributed by atoms with Gasteiger partial charge in [0.15, 0.2) is 17.5 Å². The van der Waals surface area contributed by atoms with Crippen LogP contribution >= 0.6 is 0 Å². The van der Waals surface area contributed by atoms with Crippen LogP contribution in [0, 0.1) is 0 Å². The van der Waals surface area contributed by atoms with Crippen LogP contribution in [0.4, 0.5) is 17.1 Å². The average molecular weight is 1190 g/mol. The van der Waals surface area contributed by atoms with E-state index in [9.17, 15) is 0 Å². The smallest absolute Gasteiger partial charge is 0.164 e. The standard InChI is InChI=1S/C45H32N6.C39H27N3/c1-4-16-34(17-5-1)49-40-25-13-10-22-37(40)46-43(49)31-28-32(44-47-38-23-11-14-26-41(38)50(44)35-18-6-2-7-19-35)30-33(29-31)45-48-39-24-12-15-27-42(39)51(45)36-20-8-3-9-21-36;1-4-13-28(14-5-1)31-19-10-22-34(25-31)37-40-38(35-23-11-20-32(26-35)29-15-6-2-7-16-29)42-39(41-37)36-24-12-21-33(27-36)30-17-8-3-9-18-30/h1-30,43,46H;1-27H. The number of para-hydroxylation sites is 9. The van der Waals surface area contributed by atoms with Crippen molar-refractivity contribution in [1.82, 2.24) is 34.1 Å². The summed E-state index contributed by atoms with van der Waals surface area (Å²) in [5.74, 6) is 3.67. The fraction of sp³-hybridized carbons (Fsp3) is 0.0119. The molecule has 1 aliphatic rings. The van der Waals surface area contributed by atoms with Crippen LogP contribution in [-0.4, -0.2) is 34.1 Å². The second-order valence-electron chi connectivity index (χ2n) is 23.0. The largest absolute Gasteiger partial charge is 0.359 e. The fourth-order valence-corrected chi connectivity index (χ4v) is 12.6. The van der Waals surface area contributed by atoms with Gasteiger partial charge in [0.05, 0.1) is 33.4 Å². The van der Waals surface area contributed by atoms with Crippen LogP contribution in [-0.2, 0) is 0 Å². The minimum absolute atomic E-state index is 0.187. The Labute approximate surface area is 539 Å². The molecule has 1 N–H and O–H groups in total. The van der Waals surface area contributed by atoms with E-state index in [-0.39, 0.29) is 6.17 Å². The summed E-state index contributed by atoms with van der Waals surface area (Å²) in [7, 11) is 0. The quantitative estimate of drug-likeness (QED) is 0.130. The maximum Gasteiger partial charge on any atom is 0.164 e. The van der Waals surface area contributed by atoms with Crippen LogP contribution < -0.4 is 10.2 Å². The second kappa shape index (κ2) is 24.8. The van der Waals surface area contributed by atoms with Gasteiger partial charge in [0.1, 0.15) is 17.8 Å². The lowest BCUT2D eigenvalue weighted by Gasteiger charge is -2.28. The first-order valence-corrected chi connectivity index (χ1v) is 31.3. The van der Waals surface area contributed by atoms with Crippen molar-refractivity contribution in [2.75, 3.05) is 10.2 Å². The lowest BCUT2D eigenvalue weighted by Crippen LogP contribution is -2.23. The Balaban J connectivity index is 0.000000151. The lowest BCUT2D eigenvalue weighted by atomic mass is 10.0. The Bertz CT molecular complexity index is 4930. The van der Waals surface area contributed by atoms with E-state index in [1.807, 2.05) is 18.2 Å². The Hall–Kier alpha value is -12.6. The van der Waals surface area contributed by atoms with Crippen molar-refractivity contribution in [2.24, 2.45) is 0 Å². The van der Waals surface area contributed by atoms with E-state index in [0.717, 1.165) is 129 Å². The number of imidazole rings is 2. The zero-order chi connectivity index (χ0) is 61.9. The number of nitrogens with one attached hydrogen (secondary N) is 1. The van der Waals surface area contributed by atoms with Crippen LogP contribution in [0.1, 0.15) is 11.7 Å². The molecule has 440 valence electrons. The van der Waals surface area contributed by atoms with Gasteiger partial charge in [-0.15, -0.1) is 0 Å². The lowest BCUT2D eigenvalue weighted by molar-refractivity contribution is 0.828. The van der Waals surface area contributed by atoms with Gasteiger partial charge in [-0.1, -0.05) is 237 Å². The van der Waals surface area contributed by atoms with Gasteiger partial charge in [-0.3, -0.25) is 9.13 Å². The molecule has 0 fully saturated rings. The molecular weight excluding hydrogens is 1130 g/mol. The van der Waals surface area contributed by atoms with Gasteiger partial charge in [0.2, 0.25) is 0 Å².